The molecule has 1 heterocycles. The van der Waals surface area contributed by atoms with Crippen molar-refractivity contribution in [2.45, 2.75) is 25.6 Å². The van der Waals surface area contributed by atoms with Crippen molar-refractivity contribution < 1.29 is 15.0 Å². The number of aliphatic hydroxyl groups is 2. The molecule has 6 heteroatoms. The van der Waals surface area contributed by atoms with E-state index in [1.165, 1.54) is 16.2 Å². The molecule has 2 unspecified atom stereocenters. The van der Waals surface area contributed by atoms with Crippen LogP contribution in [0.25, 0.3) is 10.2 Å². The predicted molar refractivity (Wildman–Crippen MR) is 78.5 cm³/mol. The largest absolute Gasteiger partial charge is 0.383 e. The third-order valence-electron chi connectivity index (χ3n) is 3.05. The Hall–Kier alpha value is -1.50. The second-order valence-electron chi connectivity index (χ2n) is 4.67. The number of carbonyl (C=O) groups excluding carboxylic acids is 1. The maximum absolute atomic E-state index is 12.0. The molecule has 108 valence electrons. The van der Waals surface area contributed by atoms with Crippen LogP contribution < -0.4 is 0 Å². The molecule has 1 amide bonds. The van der Waals surface area contributed by atoms with E-state index in [2.05, 4.69) is 4.98 Å². The molecule has 0 aliphatic heterocycles. The standard InChI is InChI=1S/C14H18N2O3S/c1-3-8-16(2)14(19)12(18)11(17)13-15-9-6-4-5-7-10(9)20-13/h4-7,11-12,17-18H,3,8H2,1-2H3. The fourth-order valence-corrected chi connectivity index (χ4v) is 2.94. The molecule has 5 nitrogen and oxygen atoms in total. The van der Waals surface area contributed by atoms with Crippen molar-refractivity contribution >= 4 is 27.5 Å². The average molecular weight is 294 g/mol. The van der Waals surface area contributed by atoms with Crippen LogP contribution in [-0.4, -0.2) is 45.7 Å². The Morgan fingerprint density at radius 3 is 2.75 bits per heavy atom. The highest BCUT2D eigenvalue weighted by Crippen LogP contribution is 2.28. The lowest BCUT2D eigenvalue weighted by molar-refractivity contribution is -0.145. The number of hydrogen-bond acceptors (Lipinski definition) is 5. The second kappa shape index (κ2) is 6.30. The molecular weight excluding hydrogens is 276 g/mol. The number of aliphatic hydroxyl groups excluding tert-OH is 2. The van der Waals surface area contributed by atoms with Gasteiger partial charge in [0.1, 0.15) is 11.1 Å². The third kappa shape index (κ3) is 2.98. The van der Waals surface area contributed by atoms with Crippen LogP contribution in [0.5, 0.6) is 0 Å². The van der Waals surface area contributed by atoms with E-state index in [9.17, 15) is 15.0 Å². The third-order valence-corrected chi connectivity index (χ3v) is 4.16. The van der Waals surface area contributed by atoms with Gasteiger partial charge in [0.2, 0.25) is 0 Å². The Morgan fingerprint density at radius 2 is 2.10 bits per heavy atom. The van der Waals surface area contributed by atoms with E-state index in [-0.39, 0.29) is 0 Å². The summed E-state index contributed by atoms with van der Waals surface area (Å²) in [5.74, 6) is -0.487. The highest BCUT2D eigenvalue weighted by atomic mass is 32.1. The minimum Gasteiger partial charge on any atom is -0.383 e. The number of likely N-dealkylation sites (N-methyl/N-ethyl adjacent to an activating group) is 1. The molecular formula is C14H18N2O3S. The zero-order valence-electron chi connectivity index (χ0n) is 11.5. The summed E-state index contributed by atoms with van der Waals surface area (Å²) >= 11 is 1.28. The minimum absolute atomic E-state index is 0.358. The van der Waals surface area contributed by atoms with E-state index in [1.54, 1.807) is 7.05 Å². The van der Waals surface area contributed by atoms with Gasteiger partial charge in [-0.2, -0.15) is 0 Å². The van der Waals surface area contributed by atoms with Crippen LogP contribution in [-0.2, 0) is 4.79 Å². The Bertz CT molecular complexity index is 566. The van der Waals surface area contributed by atoms with Crippen molar-refractivity contribution in [2.75, 3.05) is 13.6 Å². The number of amides is 1. The van der Waals surface area contributed by atoms with Crippen LogP contribution in [0.2, 0.25) is 0 Å². The van der Waals surface area contributed by atoms with Gasteiger partial charge >= 0.3 is 0 Å². The van der Waals surface area contributed by atoms with Gasteiger partial charge in [0.05, 0.1) is 10.2 Å². The maximum Gasteiger partial charge on any atom is 0.254 e. The van der Waals surface area contributed by atoms with E-state index >= 15 is 0 Å². The zero-order valence-corrected chi connectivity index (χ0v) is 12.3. The molecule has 20 heavy (non-hydrogen) atoms. The highest BCUT2D eigenvalue weighted by Gasteiger charge is 2.30. The van der Waals surface area contributed by atoms with E-state index in [1.807, 2.05) is 31.2 Å². The SMILES string of the molecule is CCCN(C)C(=O)C(O)C(O)c1nc2ccccc2s1. The van der Waals surface area contributed by atoms with E-state index in [0.29, 0.717) is 11.6 Å². The first-order valence-electron chi connectivity index (χ1n) is 6.51. The molecule has 1 aromatic heterocycles. The van der Waals surface area contributed by atoms with Gasteiger partial charge < -0.3 is 15.1 Å². The number of hydrogen-bond donors (Lipinski definition) is 2. The van der Waals surface area contributed by atoms with Gasteiger partial charge in [-0.1, -0.05) is 19.1 Å². The summed E-state index contributed by atoms with van der Waals surface area (Å²) in [4.78, 5) is 17.6. The highest BCUT2D eigenvalue weighted by molar-refractivity contribution is 7.18. The summed E-state index contributed by atoms with van der Waals surface area (Å²) in [5.41, 5.74) is 0.758. The molecule has 0 spiro atoms. The lowest BCUT2D eigenvalue weighted by Crippen LogP contribution is -2.40. The van der Waals surface area contributed by atoms with Gasteiger partial charge in [0.15, 0.2) is 6.10 Å². The second-order valence-corrected chi connectivity index (χ2v) is 5.73. The number of fused-ring (bicyclic) bond motifs is 1. The molecule has 2 aromatic rings. The molecule has 2 N–H and O–H groups in total. The fourth-order valence-electron chi connectivity index (χ4n) is 1.96. The smallest absolute Gasteiger partial charge is 0.254 e. The van der Waals surface area contributed by atoms with Crippen LogP contribution in [0.1, 0.15) is 24.5 Å². The Balaban J connectivity index is 2.17. The molecule has 2 rings (SSSR count). The van der Waals surface area contributed by atoms with Gasteiger partial charge in [0, 0.05) is 13.6 Å². The van der Waals surface area contributed by atoms with Crippen molar-refractivity contribution in [1.29, 1.82) is 0 Å². The Labute approximate surface area is 121 Å². The van der Waals surface area contributed by atoms with Gasteiger partial charge in [-0.25, -0.2) is 4.98 Å². The molecule has 0 saturated heterocycles. The lowest BCUT2D eigenvalue weighted by Gasteiger charge is -2.22. The average Bonchev–Trinajstić information content (AvgIpc) is 2.89. The number of aromatic nitrogens is 1. The van der Waals surface area contributed by atoms with Crippen LogP contribution in [0.3, 0.4) is 0 Å². The van der Waals surface area contributed by atoms with E-state index in [0.717, 1.165) is 16.6 Å². The summed E-state index contributed by atoms with van der Waals surface area (Å²) in [6, 6.07) is 7.46. The summed E-state index contributed by atoms with van der Waals surface area (Å²) < 4.78 is 0.920. The first-order valence-corrected chi connectivity index (χ1v) is 7.32. The number of carbonyl (C=O) groups is 1. The van der Waals surface area contributed by atoms with Crippen molar-refractivity contribution in [2.24, 2.45) is 0 Å². The summed E-state index contributed by atoms with van der Waals surface area (Å²) in [5, 5.41) is 20.5. The first-order chi connectivity index (χ1) is 9.54. The van der Waals surface area contributed by atoms with Gasteiger partial charge in [0.25, 0.3) is 5.91 Å². The molecule has 0 saturated carbocycles. The van der Waals surface area contributed by atoms with E-state index in [4.69, 9.17) is 0 Å². The molecule has 1 aromatic carbocycles. The zero-order chi connectivity index (χ0) is 14.7. The van der Waals surface area contributed by atoms with Gasteiger partial charge in [-0.3, -0.25) is 4.79 Å². The topological polar surface area (TPSA) is 73.7 Å². The summed E-state index contributed by atoms with van der Waals surface area (Å²) in [6.45, 7) is 2.49. The van der Waals surface area contributed by atoms with Crippen molar-refractivity contribution in [3.63, 3.8) is 0 Å². The first kappa shape index (κ1) is 14.9. The number of para-hydroxylation sites is 1. The quantitative estimate of drug-likeness (QED) is 0.877. The van der Waals surface area contributed by atoms with Gasteiger partial charge in [-0.05, 0) is 18.6 Å². The van der Waals surface area contributed by atoms with Gasteiger partial charge in [-0.15, -0.1) is 11.3 Å². The Morgan fingerprint density at radius 1 is 1.40 bits per heavy atom. The molecule has 2 atom stereocenters. The summed E-state index contributed by atoms with van der Waals surface area (Å²) in [7, 11) is 1.61. The van der Waals surface area contributed by atoms with Crippen LogP contribution in [0.4, 0.5) is 0 Å². The number of benzene rings is 1. The molecule has 0 fully saturated rings. The predicted octanol–water partition coefficient (Wildman–Crippen LogP) is 1.56. The fraction of sp³-hybridized carbons (Fsp3) is 0.429. The molecule has 0 aliphatic rings. The monoisotopic (exact) mass is 294 g/mol. The van der Waals surface area contributed by atoms with E-state index < -0.39 is 18.1 Å². The van der Waals surface area contributed by atoms with Crippen LogP contribution in [0, 0.1) is 0 Å². The minimum atomic E-state index is -1.48. The number of rotatable bonds is 5. The Kier molecular flexibility index (Phi) is 4.69. The van der Waals surface area contributed by atoms with Crippen LogP contribution in [0.15, 0.2) is 24.3 Å². The van der Waals surface area contributed by atoms with Crippen LogP contribution >= 0.6 is 11.3 Å². The molecule has 0 radical (unpaired) electrons. The normalized spacial score (nSPS) is 14.2. The lowest BCUT2D eigenvalue weighted by atomic mass is 10.2. The van der Waals surface area contributed by atoms with Crippen molar-refractivity contribution in [3.05, 3.63) is 29.3 Å². The van der Waals surface area contributed by atoms with Crippen molar-refractivity contribution in [1.82, 2.24) is 9.88 Å². The number of nitrogens with zero attached hydrogens (tertiary/aromatic N) is 2. The van der Waals surface area contributed by atoms with Crippen molar-refractivity contribution in [3.8, 4) is 0 Å². The maximum atomic E-state index is 12.0. The number of thiazole rings is 1. The molecule has 0 bridgehead atoms. The summed E-state index contributed by atoms with van der Waals surface area (Å²) in [6.07, 6.45) is -1.97. The molecule has 0 aliphatic carbocycles.